The average molecular weight is 297 g/mol. The molecule has 0 unspecified atom stereocenters. The summed E-state index contributed by atoms with van der Waals surface area (Å²) in [4.78, 5) is 0. The first-order valence-corrected chi connectivity index (χ1v) is 8.51. The van der Waals surface area contributed by atoms with Crippen LogP contribution >= 0.6 is 11.6 Å². The highest BCUT2D eigenvalue weighted by molar-refractivity contribution is 6.18. The maximum Gasteiger partial charge on any atom is 0.123 e. The van der Waals surface area contributed by atoms with Crippen molar-refractivity contribution in [1.82, 2.24) is 0 Å². The van der Waals surface area contributed by atoms with E-state index in [1.165, 1.54) is 51.0 Å². The Labute approximate surface area is 127 Å². The lowest BCUT2D eigenvalue weighted by molar-refractivity contribution is 0.166. The Balaban J connectivity index is 1.94. The van der Waals surface area contributed by atoms with Crippen LogP contribution in [0.1, 0.15) is 57.4 Å². The minimum Gasteiger partial charge on any atom is -0.207 e. The van der Waals surface area contributed by atoms with Crippen LogP contribution in [-0.4, -0.2) is 5.88 Å². The zero-order valence-corrected chi connectivity index (χ0v) is 13.3. The van der Waals surface area contributed by atoms with Gasteiger partial charge in [0.05, 0.1) is 0 Å². The third-order valence-electron chi connectivity index (χ3n) is 4.88. The predicted molar refractivity (Wildman–Crippen MR) is 84.7 cm³/mol. The zero-order valence-electron chi connectivity index (χ0n) is 12.5. The van der Waals surface area contributed by atoms with Crippen molar-refractivity contribution in [3.05, 3.63) is 35.6 Å². The van der Waals surface area contributed by atoms with Crippen molar-refractivity contribution in [3.63, 3.8) is 0 Å². The Morgan fingerprint density at radius 3 is 2.65 bits per heavy atom. The van der Waals surface area contributed by atoms with E-state index in [4.69, 9.17) is 11.6 Å². The highest BCUT2D eigenvalue weighted by Gasteiger charge is 2.34. The van der Waals surface area contributed by atoms with Gasteiger partial charge in [0.25, 0.3) is 0 Å². The fraction of sp³-hybridized carbons (Fsp3) is 0.667. The Bertz CT molecular complexity index is 408. The van der Waals surface area contributed by atoms with Gasteiger partial charge in [-0.15, -0.1) is 11.6 Å². The van der Waals surface area contributed by atoms with Gasteiger partial charge >= 0.3 is 0 Å². The lowest BCUT2D eigenvalue weighted by atomic mass is 9.68. The van der Waals surface area contributed by atoms with Crippen LogP contribution in [0.15, 0.2) is 24.3 Å². The van der Waals surface area contributed by atoms with Crippen molar-refractivity contribution in [1.29, 1.82) is 0 Å². The van der Waals surface area contributed by atoms with Gasteiger partial charge in [0, 0.05) is 5.88 Å². The SMILES string of the molecule is CCCCC1CCC(CCl)(Cc2cccc(F)c2)CC1. The molecule has 1 fully saturated rings. The molecule has 0 amide bonds. The van der Waals surface area contributed by atoms with E-state index in [-0.39, 0.29) is 11.2 Å². The third kappa shape index (κ3) is 4.22. The summed E-state index contributed by atoms with van der Waals surface area (Å²) in [5, 5.41) is 0. The number of unbranched alkanes of at least 4 members (excludes halogenated alkanes) is 1. The molecule has 0 nitrogen and oxygen atoms in total. The molecule has 0 aromatic heterocycles. The molecule has 0 N–H and O–H groups in total. The molecule has 0 radical (unpaired) electrons. The van der Waals surface area contributed by atoms with Gasteiger partial charge < -0.3 is 0 Å². The molecule has 0 atom stereocenters. The lowest BCUT2D eigenvalue weighted by Gasteiger charge is -2.39. The average Bonchev–Trinajstić information content (AvgIpc) is 2.47. The maximum atomic E-state index is 13.3. The van der Waals surface area contributed by atoms with E-state index in [2.05, 4.69) is 6.92 Å². The van der Waals surface area contributed by atoms with E-state index >= 15 is 0 Å². The van der Waals surface area contributed by atoms with E-state index in [0.29, 0.717) is 5.88 Å². The number of alkyl halides is 1. The molecule has 0 saturated heterocycles. The first-order valence-electron chi connectivity index (χ1n) is 7.98. The van der Waals surface area contributed by atoms with Crippen LogP contribution in [0.3, 0.4) is 0 Å². The molecule has 0 heterocycles. The molecule has 1 aromatic rings. The van der Waals surface area contributed by atoms with Crippen molar-refractivity contribution in [2.45, 2.75) is 58.3 Å². The van der Waals surface area contributed by atoms with Gasteiger partial charge in [-0.1, -0.05) is 38.3 Å². The van der Waals surface area contributed by atoms with Gasteiger partial charge in [0.15, 0.2) is 0 Å². The van der Waals surface area contributed by atoms with Gasteiger partial charge in [-0.2, -0.15) is 0 Å². The smallest absolute Gasteiger partial charge is 0.123 e. The van der Waals surface area contributed by atoms with Crippen LogP contribution in [0, 0.1) is 17.2 Å². The normalized spacial score (nSPS) is 26.6. The highest BCUT2D eigenvalue weighted by atomic mass is 35.5. The van der Waals surface area contributed by atoms with Crippen molar-refractivity contribution >= 4 is 11.6 Å². The van der Waals surface area contributed by atoms with E-state index in [1.54, 1.807) is 12.1 Å². The van der Waals surface area contributed by atoms with Crippen LogP contribution in [0.25, 0.3) is 0 Å². The van der Waals surface area contributed by atoms with E-state index in [1.807, 2.05) is 6.07 Å². The monoisotopic (exact) mass is 296 g/mol. The Kier molecular flexibility index (Phi) is 5.89. The van der Waals surface area contributed by atoms with Gasteiger partial charge in [-0.05, 0) is 61.1 Å². The Morgan fingerprint density at radius 2 is 2.05 bits per heavy atom. The Morgan fingerprint density at radius 1 is 1.30 bits per heavy atom. The minimum atomic E-state index is -0.135. The molecule has 0 bridgehead atoms. The van der Waals surface area contributed by atoms with Gasteiger partial charge in [0.2, 0.25) is 0 Å². The number of benzene rings is 1. The lowest BCUT2D eigenvalue weighted by Crippen LogP contribution is -2.31. The summed E-state index contributed by atoms with van der Waals surface area (Å²) in [6.07, 6.45) is 9.92. The maximum absolute atomic E-state index is 13.3. The molecule has 1 aliphatic rings. The molecule has 1 aliphatic carbocycles. The summed E-state index contributed by atoms with van der Waals surface area (Å²) in [5.74, 6) is 1.45. The molecular weight excluding hydrogens is 271 g/mol. The molecule has 20 heavy (non-hydrogen) atoms. The highest BCUT2D eigenvalue weighted by Crippen LogP contribution is 2.43. The zero-order chi connectivity index (χ0) is 14.4. The minimum absolute atomic E-state index is 0.135. The van der Waals surface area contributed by atoms with Gasteiger partial charge in [-0.25, -0.2) is 4.39 Å². The van der Waals surface area contributed by atoms with Crippen molar-refractivity contribution in [3.8, 4) is 0 Å². The molecular formula is C18H26ClF. The van der Waals surface area contributed by atoms with Crippen molar-refractivity contribution in [2.24, 2.45) is 11.3 Å². The molecule has 1 saturated carbocycles. The third-order valence-corrected chi connectivity index (χ3v) is 5.45. The van der Waals surface area contributed by atoms with Crippen LogP contribution in [0.5, 0.6) is 0 Å². The summed E-state index contributed by atoms with van der Waals surface area (Å²) in [5.41, 5.74) is 1.29. The second kappa shape index (κ2) is 7.45. The summed E-state index contributed by atoms with van der Waals surface area (Å²) in [6.45, 7) is 2.26. The summed E-state index contributed by atoms with van der Waals surface area (Å²) < 4.78 is 13.3. The summed E-state index contributed by atoms with van der Waals surface area (Å²) in [7, 11) is 0. The standard InChI is InChI=1S/C18H26ClF/c1-2-3-5-15-8-10-18(14-19,11-9-15)13-16-6-4-7-17(20)12-16/h4,6-7,12,15H,2-3,5,8-11,13-14H2,1H3. The largest absolute Gasteiger partial charge is 0.207 e. The van der Waals surface area contributed by atoms with Crippen molar-refractivity contribution in [2.75, 3.05) is 5.88 Å². The molecule has 2 rings (SSSR count). The number of hydrogen-bond acceptors (Lipinski definition) is 0. The molecule has 1 aromatic carbocycles. The second-order valence-electron chi connectivity index (χ2n) is 6.53. The second-order valence-corrected chi connectivity index (χ2v) is 6.79. The Hall–Kier alpha value is -0.560. The summed E-state index contributed by atoms with van der Waals surface area (Å²) >= 11 is 6.29. The van der Waals surface area contributed by atoms with Gasteiger partial charge in [0.1, 0.15) is 5.82 Å². The number of hydrogen-bond donors (Lipinski definition) is 0. The number of rotatable bonds is 6. The molecule has 112 valence electrons. The van der Waals surface area contributed by atoms with Crippen molar-refractivity contribution < 1.29 is 4.39 Å². The number of halogens is 2. The topological polar surface area (TPSA) is 0 Å². The van der Waals surface area contributed by atoms with E-state index in [0.717, 1.165) is 17.9 Å². The quantitative estimate of drug-likeness (QED) is 0.567. The van der Waals surface area contributed by atoms with Crippen LogP contribution in [0.2, 0.25) is 0 Å². The molecule has 0 spiro atoms. The predicted octanol–water partition coefficient (Wildman–Crippen LogP) is 5.97. The molecule has 2 heteroatoms. The van der Waals surface area contributed by atoms with Crippen LogP contribution < -0.4 is 0 Å². The molecule has 0 aliphatic heterocycles. The van der Waals surface area contributed by atoms with Crippen LogP contribution in [-0.2, 0) is 6.42 Å². The van der Waals surface area contributed by atoms with E-state index < -0.39 is 0 Å². The summed E-state index contributed by atoms with van der Waals surface area (Å²) in [6, 6.07) is 7.01. The fourth-order valence-corrected chi connectivity index (χ4v) is 3.87. The van der Waals surface area contributed by atoms with Crippen LogP contribution in [0.4, 0.5) is 4.39 Å². The fourth-order valence-electron chi connectivity index (χ4n) is 3.51. The van der Waals surface area contributed by atoms with Gasteiger partial charge in [-0.3, -0.25) is 0 Å². The first kappa shape index (κ1) is 15.8. The first-order chi connectivity index (χ1) is 9.67. The van der Waals surface area contributed by atoms with E-state index in [9.17, 15) is 4.39 Å².